The first-order chi connectivity index (χ1) is 10.9. The monoisotopic (exact) mass is 357 g/mol. The van der Waals surface area contributed by atoms with Crippen molar-refractivity contribution >= 4 is 41.2 Å². The fourth-order valence-corrected chi connectivity index (χ4v) is 6.03. The van der Waals surface area contributed by atoms with E-state index in [1.54, 1.807) is 6.92 Å². The van der Waals surface area contributed by atoms with E-state index in [0.29, 0.717) is 10.8 Å². The van der Waals surface area contributed by atoms with Crippen molar-refractivity contribution < 1.29 is 19.8 Å². The molecule has 1 fully saturated rings. The molecule has 126 valence electrons. The van der Waals surface area contributed by atoms with E-state index < -0.39 is 18.0 Å². The zero-order valence-corrected chi connectivity index (χ0v) is 14.5. The van der Waals surface area contributed by atoms with Gasteiger partial charge >= 0.3 is 5.97 Å². The molecule has 0 aromatic rings. The van der Waals surface area contributed by atoms with Gasteiger partial charge in [0.1, 0.15) is 5.37 Å². The average molecular weight is 357 g/mol. The number of amides is 1. The number of aliphatic imine (C=N–C) groups is 1. The second kappa shape index (κ2) is 6.37. The first-order valence-corrected chi connectivity index (χ1v) is 9.29. The Morgan fingerprint density at radius 1 is 1.61 bits per heavy atom. The van der Waals surface area contributed by atoms with Crippen molar-refractivity contribution in [2.75, 3.05) is 13.1 Å². The van der Waals surface area contributed by atoms with E-state index in [9.17, 15) is 19.8 Å². The number of carboxylic acid groups (broad SMARTS) is 1. The number of aliphatic carboxylic acids is 1. The minimum atomic E-state index is -1.10. The average Bonchev–Trinajstić information content (AvgIpc) is 2.82. The predicted octanol–water partition coefficient (Wildman–Crippen LogP) is 0.666. The summed E-state index contributed by atoms with van der Waals surface area (Å²) in [6, 6.07) is 0. The Labute approximate surface area is 142 Å². The molecule has 4 atom stereocenters. The Balaban J connectivity index is 1.75. The van der Waals surface area contributed by atoms with Gasteiger partial charge in [-0.3, -0.25) is 14.7 Å². The van der Waals surface area contributed by atoms with E-state index in [1.165, 1.54) is 28.4 Å². The Morgan fingerprint density at radius 2 is 2.35 bits per heavy atom. The highest BCUT2D eigenvalue weighted by molar-refractivity contribution is 8.23. The number of rotatable bonds is 5. The van der Waals surface area contributed by atoms with Crippen molar-refractivity contribution in [3.63, 3.8) is 0 Å². The molecule has 3 aliphatic heterocycles. The van der Waals surface area contributed by atoms with Gasteiger partial charge in [0.05, 0.1) is 28.6 Å². The summed E-state index contributed by atoms with van der Waals surface area (Å²) in [5.74, 6) is -0.955. The number of carboxylic acids is 1. The summed E-state index contributed by atoms with van der Waals surface area (Å²) < 4.78 is 0.640. The number of aliphatic hydroxyl groups excluding tert-OH is 1. The molecule has 7 nitrogen and oxygen atoms in total. The highest BCUT2D eigenvalue weighted by Crippen LogP contribution is 2.54. The molecule has 0 aliphatic carbocycles. The van der Waals surface area contributed by atoms with E-state index in [1.807, 2.05) is 6.92 Å². The Morgan fingerprint density at radius 3 is 2.87 bits per heavy atom. The molecule has 3 heterocycles. The zero-order valence-electron chi connectivity index (χ0n) is 12.9. The lowest BCUT2D eigenvalue weighted by molar-refractivity contribution is -0.156. The van der Waals surface area contributed by atoms with Crippen molar-refractivity contribution in [3.8, 4) is 0 Å². The van der Waals surface area contributed by atoms with E-state index in [2.05, 4.69) is 10.3 Å². The quantitative estimate of drug-likeness (QED) is 0.621. The van der Waals surface area contributed by atoms with Crippen LogP contribution >= 0.6 is 23.5 Å². The maximum absolute atomic E-state index is 12.1. The highest BCUT2D eigenvalue weighted by atomic mass is 32.2. The number of amidine groups is 1. The molecule has 1 amide bonds. The van der Waals surface area contributed by atoms with Crippen LogP contribution in [0.5, 0.6) is 0 Å². The fraction of sp³-hybridized carbons (Fsp3) is 0.643. The summed E-state index contributed by atoms with van der Waals surface area (Å²) in [5.41, 5.74) is 0.0529. The number of fused-ring (bicyclic) bond motifs is 1. The van der Waals surface area contributed by atoms with Crippen LogP contribution in [-0.2, 0) is 9.59 Å². The summed E-state index contributed by atoms with van der Waals surface area (Å²) in [6.07, 6.45) is 0.0824. The first-order valence-electron chi connectivity index (χ1n) is 7.53. The number of nitrogens with one attached hydrogen (secondary N) is 1. The van der Waals surface area contributed by atoms with Gasteiger partial charge in [-0.25, -0.2) is 4.79 Å². The first kappa shape index (κ1) is 16.7. The third kappa shape index (κ3) is 2.85. The second-order valence-electron chi connectivity index (χ2n) is 5.69. The van der Waals surface area contributed by atoms with Crippen molar-refractivity contribution in [1.82, 2.24) is 10.2 Å². The number of carbonyl (C=O) groups excluding carboxylic acids is 1. The minimum Gasteiger partial charge on any atom is -0.477 e. The van der Waals surface area contributed by atoms with Gasteiger partial charge in [0, 0.05) is 18.2 Å². The van der Waals surface area contributed by atoms with Crippen LogP contribution in [0.15, 0.2) is 14.9 Å². The van der Waals surface area contributed by atoms with Crippen molar-refractivity contribution in [3.05, 3.63) is 9.93 Å². The molecule has 0 spiro atoms. The van der Waals surface area contributed by atoms with Gasteiger partial charge in [0.2, 0.25) is 5.91 Å². The molecule has 0 aromatic carbocycles. The van der Waals surface area contributed by atoms with Crippen LogP contribution < -0.4 is 5.32 Å². The zero-order chi connectivity index (χ0) is 16.7. The van der Waals surface area contributed by atoms with E-state index in [0.717, 1.165) is 18.8 Å². The van der Waals surface area contributed by atoms with Crippen molar-refractivity contribution in [2.24, 2.45) is 10.9 Å². The summed E-state index contributed by atoms with van der Waals surface area (Å²) in [6.45, 7) is 4.96. The van der Waals surface area contributed by atoms with Gasteiger partial charge in [-0.1, -0.05) is 18.7 Å². The van der Waals surface area contributed by atoms with Gasteiger partial charge < -0.3 is 15.5 Å². The topological polar surface area (TPSA) is 102 Å². The molecule has 0 bridgehead atoms. The van der Waals surface area contributed by atoms with Gasteiger partial charge in [0.25, 0.3) is 0 Å². The SMILES string of the molecule is CCC1=NCC(SC2=C(C(=O)O)N3C(=O)C(C(C)O)[C@H]3S2)CN1. The summed E-state index contributed by atoms with van der Waals surface area (Å²) in [7, 11) is 0. The molecule has 0 aromatic heterocycles. The van der Waals surface area contributed by atoms with Crippen LogP contribution in [0.4, 0.5) is 0 Å². The standard InChI is InChI=1S/C14H19N3O4S2/c1-3-8-15-4-7(5-16-8)22-14-10(13(20)21)17-11(19)9(6(2)18)12(17)23-14/h6-7,9,12,18H,3-5H2,1-2H3,(H,15,16)(H,20,21)/t6?,9?,12-/m1/s1. The van der Waals surface area contributed by atoms with E-state index in [-0.39, 0.29) is 22.2 Å². The molecule has 3 rings (SSSR count). The van der Waals surface area contributed by atoms with E-state index >= 15 is 0 Å². The van der Waals surface area contributed by atoms with Gasteiger partial charge in [0.15, 0.2) is 5.70 Å². The van der Waals surface area contributed by atoms with Crippen LogP contribution in [0, 0.1) is 5.92 Å². The second-order valence-corrected chi connectivity index (χ2v) is 8.38. The fourth-order valence-electron chi connectivity index (χ4n) is 2.86. The maximum Gasteiger partial charge on any atom is 0.354 e. The third-order valence-electron chi connectivity index (χ3n) is 4.10. The molecule has 3 unspecified atom stereocenters. The van der Waals surface area contributed by atoms with Gasteiger partial charge in [-0.05, 0) is 6.92 Å². The van der Waals surface area contributed by atoms with Gasteiger partial charge in [-0.15, -0.1) is 11.8 Å². The van der Waals surface area contributed by atoms with Crippen LogP contribution in [0.3, 0.4) is 0 Å². The minimum absolute atomic E-state index is 0.0529. The lowest BCUT2D eigenvalue weighted by atomic mass is 9.92. The number of carbonyl (C=O) groups is 2. The normalized spacial score (nSPS) is 31.3. The van der Waals surface area contributed by atoms with Crippen LogP contribution in [-0.4, -0.2) is 62.6 Å². The smallest absolute Gasteiger partial charge is 0.354 e. The third-order valence-corrected chi connectivity index (χ3v) is 6.88. The number of hydrogen-bond donors (Lipinski definition) is 3. The summed E-state index contributed by atoms with van der Waals surface area (Å²) >= 11 is 2.82. The molecular formula is C14H19N3O4S2. The van der Waals surface area contributed by atoms with Crippen LogP contribution in [0.25, 0.3) is 0 Å². The van der Waals surface area contributed by atoms with E-state index in [4.69, 9.17) is 0 Å². The van der Waals surface area contributed by atoms with Crippen LogP contribution in [0.2, 0.25) is 0 Å². The highest BCUT2D eigenvalue weighted by Gasteiger charge is 2.57. The lowest BCUT2D eigenvalue weighted by Gasteiger charge is -2.43. The maximum atomic E-state index is 12.1. The number of nitrogens with zero attached hydrogens (tertiary/aromatic N) is 2. The van der Waals surface area contributed by atoms with Crippen molar-refractivity contribution in [1.29, 1.82) is 0 Å². The molecule has 3 aliphatic rings. The summed E-state index contributed by atoms with van der Waals surface area (Å²) in [4.78, 5) is 29.5. The summed E-state index contributed by atoms with van der Waals surface area (Å²) in [5, 5.41) is 22.3. The molecule has 3 N–H and O–H groups in total. The molecular weight excluding hydrogens is 338 g/mol. The number of thioether (sulfide) groups is 2. The Hall–Kier alpha value is -1.19. The Kier molecular flexibility index (Phi) is 4.61. The molecule has 0 saturated carbocycles. The van der Waals surface area contributed by atoms with Crippen molar-refractivity contribution in [2.45, 2.75) is 37.0 Å². The molecule has 1 saturated heterocycles. The lowest BCUT2D eigenvalue weighted by Crippen LogP contribution is -2.60. The Bertz CT molecular complexity index is 605. The largest absolute Gasteiger partial charge is 0.477 e. The predicted molar refractivity (Wildman–Crippen MR) is 90.0 cm³/mol. The van der Waals surface area contributed by atoms with Crippen LogP contribution in [0.1, 0.15) is 20.3 Å². The molecule has 0 radical (unpaired) electrons. The van der Waals surface area contributed by atoms with Gasteiger partial charge in [-0.2, -0.15) is 0 Å². The number of hydrogen-bond acceptors (Lipinski definition) is 7. The number of aliphatic hydroxyl groups is 1. The molecule has 23 heavy (non-hydrogen) atoms. The number of β-lactam (4-membered cyclic amide) rings is 1. The molecule has 9 heteroatoms.